The van der Waals surface area contributed by atoms with E-state index in [0.29, 0.717) is 11.4 Å². The summed E-state index contributed by atoms with van der Waals surface area (Å²) in [5.74, 6) is 0.00197. The molecule has 1 aromatic heterocycles. The molecule has 1 atom stereocenters. The summed E-state index contributed by atoms with van der Waals surface area (Å²) < 4.78 is 13.7. The first-order chi connectivity index (χ1) is 9.99. The van der Waals surface area contributed by atoms with Gasteiger partial charge in [0.05, 0.1) is 6.04 Å². The molecule has 2 rings (SSSR count). The van der Waals surface area contributed by atoms with E-state index in [1.165, 1.54) is 11.0 Å². The molecule has 1 heterocycles. The highest BCUT2D eigenvalue weighted by molar-refractivity contribution is 5.91. The number of rotatable bonds is 4. The van der Waals surface area contributed by atoms with Crippen LogP contribution in [0.4, 0.5) is 10.2 Å². The lowest BCUT2D eigenvalue weighted by molar-refractivity contribution is 0.0821. The molecule has 0 saturated heterocycles. The topological polar surface area (TPSA) is 58.1 Å². The first kappa shape index (κ1) is 14.9. The van der Waals surface area contributed by atoms with Crippen molar-refractivity contribution in [2.45, 2.75) is 13.0 Å². The van der Waals surface area contributed by atoms with E-state index in [2.05, 4.69) is 15.5 Å². The predicted octanol–water partition coefficient (Wildman–Crippen LogP) is 2.49. The largest absolute Gasteiger partial charge is 0.362 e. The lowest BCUT2D eigenvalue weighted by atomic mass is 10.1. The summed E-state index contributed by atoms with van der Waals surface area (Å²) in [5, 5.41) is 10.9. The molecule has 0 bridgehead atoms. The molecular formula is C15H17FN4O. The second-order valence-corrected chi connectivity index (χ2v) is 4.89. The number of hydrogen-bond donors (Lipinski definition) is 1. The maximum Gasteiger partial charge on any atom is 0.273 e. The van der Waals surface area contributed by atoms with Crippen molar-refractivity contribution < 1.29 is 9.18 Å². The average Bonchev–Trinajstić information content (AvgIpc) is 2.47. The van der Waals surface area contributed by atoms with Crippen LogP contribution in [0.15, 0.2) is 36.4 Å². The van der Waals surface area contributed by atoms with Crippen molar-refractivity contribution in [3.05, 3.63) is 53.5 Å². The van der Waals surface area contributed by atoms with Crippen molar-refractivity contribution in [1.82, 2.24) is 15.1 Å². The summed E-state index contributed by atoms with van der Waals surface area (Å²) in [6, 6.07) is 9.54. The zero-order chi connectivity index (χ0) is 15.4. The van der Waals surface area contributed by atoms with Gasteiger partial charge in [-0.2, -0.15) is 0 Å². The molecule has 21 heavy (non-hydrogen) atoms. The average molecular weight is 288 g/mol. The number of amides is 1. The van der Waals surface area contributed by atoms with Gasteiger partial charge in [-0.1, -0.05) is 18.2 Å². The Balaban J connectivity index is 2.10. The van der Waals surface area contributed by atoms with Crippen molar-refractivity contribution in [3.8, 4) is 0 Å². The Labute approximate surface area is 122 Å². The molecule has 0 radical (unpaired) electrons. The molecule has 0 saturated carbocycles. The molecule has 1 amide bonds. The third-order valence-electron chi connectivity index (χ3n) is 3.03. The number of carbonyl (C=O) groups excluding carboxylic acids is 1. The Morgan fingerprint density at radius 2 is 1.90 bits per heavy atom. The molecule has 0 aliphatic rings. The zero-order valence-electron chi connectivity index (χ0n) is 12.2. The van der Waals surface area contributed by atoms with Gasteiger partial charge in [0.2, 0.25) is 0 Å². The Morgan fingerprint density at radius 1 is 1.19 bits per heavy atom. The molecule has 1 aromatic carbocycles. The van der Waals surface area contributed by atoms with Crippen LogP contribution >= 0.6 is 0 Å². The number of carbonyl (C=O) groups is 1. The van der Waals surface area contributed by atoms with Crippen molar-refractivity contribution in [1.29, 1.82) is 0 Å². The number of halogens is 1. The summed E-state index contributed by atoms with van der Waals surface area (Å²) in [5.41, 5.74) is 0.817. The summed E-state index contributed by atoms with van der Waals surface area (Å²) >= 11 is 0. The lowest BCUT2D eigenvalue weighted by Gasteiger charge is -2.15. The fourth-order valence-electron chi connectivity index (χ4n) is 1.88. The van der Waals surface area contributed by atoms with Crippen LogP contribution in [0.5, 0.6) is 0 Å². The van der Waals surface area contributed by atoms with E-state index < -0.39 is 0 Å². The zero-order valence-corrected chi connectivity index (χ0v) is 12.2. The highest BCUT2D eigenvalue weighted by atomic mass is 19.1. The maximum atomic E-state index is 13.7. The van der Waals surface area contributed by atoms with Crippen LogP contribution in [-0.4, -0.2) is 35.1 Å². The summed E-state index contributed by atoms with van der Waals surface area (Å²) in [6.07, 6.45) is 0. The third kappa shape index (κ3) is 3.53. The Kier molecular flexibility index (Phi) is 4.47. The highest BCUT2D eigenvalue weighted by Gasteiger charge is 2.13. The Bertz CT molecular complexity index is 628. The molecule has 2 aromatic rings. The maximum absolute atomic E-state index is 13.7. The van der Waals surface area contributed by atoms with E-state index in [4.69, 9.17) is 0 Å². The number of hydrogen-bond acceptors (Lipinski definition) is 4. The van der Waals surface area contributed by atoms with Gasteiger partial charge in [0, 0.05) is 19.7 Å². The van der Waals surface area contributed by atoms with E-state index in [9.17, 15) is 9.18 Å². The Morgan fingerprint density at radius 3 is 2.48 bits per heavy atom. The molecule has 0 fully saturated rings. The fourth-order valence-corrected chi connectivity index (χ4v) is 1.88. The van der Waals surface area contributed by atoms with E-state index in [-0.39, 0.29) is 23.5 Å². The van der Waals surface area contributed by atoms with Gasteiger partial charge in [-0.3, -0.25) is 4.79 Å². The van der Waals surface area contributed by atoms with Crippen LogP contribution in [0.1, 0.15) is 29.0 Å². The van der Waals surface area contributed by atoms with E-state index in [0.717, 1.165) is 0 Å². The first-order valence-electron chi connectivity index (χ1n) is 6.55. The molecule has 110 valence electrons. The SMILES string of the molecule is CC(Nc1ccc(C(=O)N(C)C)nn1)c1ccccc1F. The van der Waals surface area contributed by atoms with Crippen molar-refractivity contribution in [3.63, 3.8) is 0 Å². The van der Waals surface area contributed by atoms with Crippen molar-refractivity contribution in [2.24, 2.45) is 0 Å². The minimum Gasteiger partial charge on any atom is -0.362 e. The van der Waals surface area contributed by atoms with Gasteiger partial charge in [-0.05, 0) is 25.1 Å². The number of anilines is 1. The van der Waals surface area contributed by atoms with Crippen LogP contribution in [-0.2, 0) is 0 Å². The molecular weight excluding hydrogens is 271 g/mol. The molecule has 0 spiro atoms. The number of aromatic nitrogens is 2. The number of benzene rings is 1. The smallest absolute Gasteiger partial charge is 0.273 e. The molecule has 6 heteroatoms. The molecule has 1 N–H and O–H groups in total. The van der Waals surface area contributed by atoms with Crippen molar-refractivity contribution >= 4 is 11.7 Å². The second-order valence-electron chi connectivity index (χ2n) is 4.89. The summed E-state index contributed by atoms with van der Waals surface area (Å²) in [6.45, 7) is 1.83. The second kappa shape index (κ2) is 6.30. The third-order valence-corrected chi connectivity index (χ3v) is 3.03. The fraction of sp³-hybridized carbons (Fsp3) is 0.267. The van der Waals surface area contributed by atoms with E-state index >= 15 is 0 Å². The van der Waals surface area contributed by atoms with Gasteiger partial charge in [0.25, 0.3) is 5.91 Å². The van der Waals surface area contributed by atoms with Crippen LogP contribution in [0.3, 0.4) is 0 Å². The van der Waals surface area contributed by atoms with Crippen molar-refractivity contribution in [2.75, 3.05) is 19.4 Å². The van der Waals surface area contributed by atoms with Gasteiger partial charge < -0.3 is 10.2 Å². The minimum atomic E-state index is -0.273. The van der Waals surface area contributed by atoms with Gasteiger partial charge in [0.1, 0.15) is 11.6 Å². The number of nitrogens with zero attached hydrogens (tertiary/aromatic N) is 3. The predicted molar refractivity (Wildman–Crippen MR) is 78.5 cm³/mol. The quantitative estimate of drug-likeness (QED) is 0.939. The van der Waals surface area contributed by atoms with Crippen LogP contribution in [0.2, 0.25) is 0 Å². The lowest BCUT2D eigenvalue weighted by Crippen LogP contribution is -2.23. The Hall–Kier alpha value is -2.50. The van der Waals surface area contributed by atoms with E-state index in [1.807, 2.05) is 6.92 Å². The standard InChI is InChI=1S/C15H17FN4O/c1-10(11-6-4-5-7-12(11)16)17-14-9-8-13(18-19-14)15(21)20(2)3/h4-10H,1-3H3,(H,17,19). The van der Waals surface area contributed by atoms with Crippen LogP contribution in [0, 0.1) is 5.82 Å². The van der Waals surface area contributed by atoms with Gasteiger partial charge in [0.15, 0.2) is 5.69 Å². The van der Waals surface area contributed by atoms with Crippen LogP contribution < -0.4 is 5.32 Å². The van der Waals surface area contributed by atoms with Gasteiger partial charge in [-0.25, -0.2) is 4.39 Å². The molecule has 0 aliphatic heterocycles. The molecule has 0 aliphatic carbocycles. The van der Waals surface area contributed by atoms with E-state index in [1.54, 1.807) is 44.4 Å². The monoisotopic (exact) mass is 288 g/mol. The molecule has 1 unspecified atom stereocenters. The summed E-state index contributed by atoms with van der Waals surface area (Å²) in [4.78, 5) is 13.1. The molecule has 5 nitrogen and oxygen atoms in total. The van der Waals surface area contributed by atoms with Gasteiger partial charge >= 0.3 is 0 Å². The summed E-state index contributed by atoms with van der Waals surface area (Å²) in [7, 11) is 3.30. The number of nitrogens with one attached hydrogen (secondary N) is 1. The van der Waals surface area contributed by atoms with Gasteiger partial charge in [-0.15, -0.1) is 10.2 Å². The highest BCUT2D eigenvalue weighted by Crippen LogP contribution is 2.20. The van der Waals surface area contributed by atoms with Crippen LogP contribution in [0.25, 0.3) is 0 Å². The minimum absolute atomic E-state index is 0.212. The normalized spacial score (nSPS) is 11.8. The first-order valence-corrected chi connectivity index (χ1v) is 6.55.